The lowest BCUT2D eigenvalue weighted by atomic mass is 9.94. The lowest BCUT2D eigenvalue weighted by Crippen LogP contribution is -2.36. The molecule has 5 rings (SSSR count). The van der Waals surface area contributed by atoms with Gasteiger partial charge in [0.05, 0.1) is 12.1 Å². The summed E-state index contributed by atoms with van der Waals surface area (Å²) in [7, 11) is 0. The van der Waals surface area contributed by atoms with Gasteiger partial charge in [0.15, 0.2) is 17.3 Å². The summed E-state index contributed by atoms with van der Waals surface area (Å²) in [5.74, 6) is 6.88. The van der Waals surface area contributed by atoms with E-state index in [2.05, 4.69) is 56.7 Å². The highest BCUT2D eigenvalue weighted by Gasteiger charge is 2.22. The van der Waals surface area contributed by atoms with E-state index in [4.69, 9.17) is 20.1 Å². The Morgan fingerprint density at radius 1 is 1.25 bits per heavy atom. The molecule has 0 saturated heterocycles. The first-order chi connectivity index (χ1) is 17.3. The largest absolute Gasteiger partial charge is 0.478 e. The lowest BCUT2D eigenvalue weighted by molar-refractivity contribution is 0.143. The number of hydrogen-bond donors (Lipinski definition) is 3. The van der Waals surface area contributed by atoms with Crippen LogP contribution in [0.5, 0.6) is 5.88 Å². The molecule has 10 heteroatoms. The van der Waals surface area contributed by atoms with E-state index in [0.717, 1.165) is 24.9 Å². The molecule has 1 aromatic carbocycles. The van der Waals surface area contributed by atoms with Crippen LogP contribution < -0.4 is 15.8 Å². The van der Waals surface area contributed by atoms with Crippen molar-refractivity contribution >= 4 is 16.9 Å². The van der Waals surface area contributed by atoms with E-state index in [1.165, 1.54) is 11.1 Å². The molecule has 0 fully saturated rings. The molecule has 0 spiro atoms. The maximum atomic E-state index is 10.2. The van der Waals surface area contributed by atoms with Crippen molar-refractivity contribution in [2.24, 2.45) is 0 Å². The zero-order chi connectivity index (χ0) is 25.3. The van der Waals surface area contributed by atoms with Crippen LogP contribution in [0.15, 0.2) is 35.0 Å². The van der Waals surface area contributed by atoms with E-state index in [1.54, 1.807) is 13.8 Å². The Labute approximate surface area is 208 Å². The molecule has 0 amide bonds. The maximum absolute atomic E-state index is 10.2. The molecule has 1 unspecified atom stereocenters. The van der Waals surface area contributed by atoms with Gasteiger partial charge in [-0.25, -0.2) is 14.6 Å². The fraction of sp³-hybridized carbons (Fsp3) is 0.385. The van der Waals surface area contributed by atoms with Crippen LogP contribution >= 0.6 is 0 Å². The van der Waals surface area contributed by atoms with Gasteiger partial charge in [-0.1, -0.05) is 30.2 Å². The van der Waals surface area contributed by atoms with E-state index < -0.39 is 5.60 Å². The second kappa shape index (κ2) is 9.60. The monoisotopic (exact) mass is 487 g/mol. The van der Waals surface area contributed by atoms with Gasteiger partial charge in [-0.2, -0.15) is 0 Å². The first kappa shape index (κ1) is 23.8. The van der Waals surface area contributed by atoms with E-state index in [-0.39, 0.29) is 5.82 Å². The minimum absolute atomic E-state index is 0.148. The van der Waals surface area contributed by atoms with Gasteiger partial charge in [0.1, 0.15) is 16.8 Å². The minimum atomic E-state index is -1.19. The van der Waals surface area contributed by atoms with Crippen molar-refractivity contribution in [3.05, 3.63) is 47.2 Å². The molecule has 0 radical (unpaired) electrons. The van der Waals surface area contributed by atoms with Crippen molar-refractivity contribution in [2.45, 2.75) is 58.3 Å². The topological polar surface area (TPSA) is 137 Å². The number of nitrogens with one attached hydrogen (secondary N) is 1. The molecule has 36 heavy (non-hydrogen) atoms. The SMILES string of the molecule is CCn1c(-c2nonc2N)nc2c(C#CC(C)(C)O)nc(OCCC3Cc4ccccc4CN3)cc21. The number of benzene rings is 1. The number of nitrogens with two attached hydrogens (primary N) is 1. The zero-order valence-corrected chi connectivity index (χ0v) is 20.6. The molecule has 4 heterocycles. The summed E-state index contributed by atoms with van der Waals surface area (Å²) in [4.78, 5) is 9.33. The molecular formula is C26H29N7O3. The maximum Gasteiger partial charge on any atom is 0.216 e. The highest BCUT2D eigenvalue weighted by molar-refractivity contribution is 5.86. The number of imidazole rings is 1. The highest BCUT2D eigenvalue weighted by Crippen LogP contribution is 2.30. The number of rotatable bonds is 6. The second-order valence-corrected chi connectivity index (χ2v) is 9.35. The number of ether oxygens (including phenoxy) is 1. The van der Waals surface area contributed by atoms with Crippen LogP contribution in [0.3, 0.4) is 0 Å². The highest BCUT2D eigenvalue weighted by atomic mass is 16.6. The van der Waals surface area contributed by atoms with E-state index in [0.29, 0.717) is 47.8 Å². The van der Waals surface area contributed by atoms with Crippen molar-refractivity contribution < 1.29 is 14.5 Å². The van der Waals surface area contributed by atoms with Crippen molar-refractivity contribution in [1.82, 2.24) is 30.2 Å². The summed E-state index contributed by atoms with van der Waals surface area (Å²) in [5, 5.41) is 21.3. The summed E-state index contributed by atoms with van der Waals surface area (Å²) in [5.41, 5.74) is 9.56. The molecule has 10 nitrogen and oxygen atoms in total. The third-order valence-corrected chi connectivity index (χ3v) is 6.12. The zero-order valence-electron chi connectivity index (χ0n) is 20.6. The Bertz CT molecular complexity index is 1460. The molecule has 4 aromatic rings. The van der Waals surface area contributed by atoms with Gasteiger partial charge in [0.25, 0.3) is 0 Å². The minimum Gasteiger partial charge on any atom is -0.478 e. The Hall–Kier alpha value is -3.94. The number of fused-ring (bicyclic) bond motifs is 2. The summed E-state index contributed by atoms with van der Waals surface area (Å²) >= 11 is 0. The third kappa shape index (κ3) is 4.89. The fourth-order valence-corrected chi connectivity index (χ4v) is 4.35. The van der Waals surface area contributed by atoms with Crippen LogP contribution in [-0.4, -0.2) is 48.2 Å². The number of aryl methyl sites for hydroxylation is 1. The summed E-state index contributed by atoms with van der Waals surface area (Å²) in [6.45, 7) is 7.16. The van der Waals surface area contributed by atoms with Gasteiger partial charge in [0.2, 0.25) is 5.88 Å². The summed E-state index contributed by atoms with van der Waals surface area (Å²) in [6, 6.07) is 10.7. The fourth-order valence-electron chi connectivity index (χ4n) is 4.35. The molecular weight excluding hydrogens is 458 g/mol. The van der Waals surface area contributed by atoms with E-state index in [1.807, 2.05) is 17.6 Å². The summed E-state index contributed by atoms with van der Waals surface area (Å²) in [6.07, 6.45) is 1.80. The first-order valence-corrected chi connectivity index (χ1v) is 12.0. The summed E-state index contributed by atoms with van der Waals surface area (Å²) < 4.78 is 12.8. The number of pyridine rings is 1. The molecule has 1 atom stereocenters. The number of anilines is 1. The third-order valence-electron chi connectivity index (χ3n) is 6.12. The standard InChI is InChI=1S/C26H29N7O3/c1-4-33-20-14-21(35-12-10-18-13-16-7-5-6-8-17(16)15-28-18)29-19(9-11-26(2,3)34)22(20)30-25(33)23-24(27)32-36-31-23/h5-8,14,18,28,34H,4,10,12-13,15H2,1-3H3,(H2,27,32). The smallest absolute Gasteiger partial charge is 0.216 e. The molecule has 0 bridgehead atoms. The quantitative estimate of drug-likeness (QED) is 0.351. The Morgan fingerprint density at radius 2 is 2.06 bits per heavy atom. The Morgan fingerprint density at radius 3 is 2.78 bits per heavy atom. The molecule has 1 aliphatic rings. The number of nitrogen functional groups attached to an aromatic ring is 1. The first-order valence-electron chi connectivity index (χ1n) is 12.0. The van der Waals surface area contributed by atoms with Crippen LogP contribution in [-0.2, 0) is 19.5 Å². The van der Waals surface area contributed by atoms with Crippen LogP contribution in [0.2, 0.25) is 0 Å². The molecule has 0 aliphatic carbocycles. The van der Waals surface area contributed by atoms with Crippen molar-refractivity contribution in [1.29, 1.82) is 0 Å². The van der Waals surface area contributed by atoms with Gasteiger partial charge in [0, 0.05) is 25.2 Å². The molecule has 1 aliphatic heterocycles. The van der Waals surface area contributed by atoms with Crippen molar-refractivity contribution in [2.75, 3.05) is 12.3 Å². The Balaban J connectivity index is 1.44. The lowest BCUT2D eigenvalue weighted by Gasteiger charge is -2.26. The van der Waals surface area contributed by atoms with E-state index >= 15 is 0 Å². The second-order valence-electron chi connectivity index (χ2n) is 9.35. The molecule has 4 N–H and O–H groups in total. The van der Waals surface area contributed by atoms with Gasteiger partial charge < -0.3 is 25.5 Å². The normalized spacial score (nSPS) is 15.4. The van der Waals surface area contributed by atoms with Gasteiger partial charge in [-0.05, 0) is 61.0 Å². The molecule has 3 aromatic heterocycles. The number of aliphatic hydroxyl groups is 1. The van der Waals surface area contributed by atoms with Crippen LogP contribution in [0.1, 0.15) is 44.0 Å². The number of hydrogen-bond acceptors (Lipinski definition) is 9. The van der Waals surface area contributed by atoms with Crippen LogP contribution in [0.25, 0.3) is 22.6 Å². The number of aromatic nitrogens is 5. The average molecular weight is 488 g/mol. The predicted octanol–water partition coefficient (Wildman–Crippen LogP) is 2.69. The van der Waals surface area contributed by atoms with Crippen molar-refractivity contribution in [3.63, 3.8) is 0 Å². The van der Waals surface area contributed by atoms with Crippen LogP contribution in [0, 0.1) is 11.8 Å². The average Bonchev–Trinajstić information content (AvgIpc) is 3.44. The predicted molar refractivity (Wildman–Crippen MR) is 135 cm³/mol. The van der Waals surface area contributed by atoms with Gasteiger partial charge in [-0.15, -0.1) is 0 Å². The molecule has 0 saturated carbocycles. The van der Waals surface area contributed by atoms with E-state index in [9.17, 15) is 5.11 Å². The van der Waals surface area contributed by atoms with Gasteiger partial charge >= 0.3 is 0 Å². The van der Waals surface area contributed by atoms with Crippen LogP contribution in [0.4, 0.5) is 5.82 Å². The molecule has 186 valence electrons. The van der Waals surface area contributed by atoms with Gasteiger partial charge in [-0.3, -0.25) is 0 Å². The Kier molecular flexibility index (Phi) is 6.35. The number of nitrogens with zero attached hydrogens (tertiary/aromatic N) is 5. The van der Waals surface area contributed by atoms with Crippen molar-refractivity contribution in [3.8, 4) is 29.2 Å².